The molecule has 0 bridgehead atoms. The SMILES string of the molecule is N#CCn1c(-c2ccc(N)cc2)nc2cc(F)c(F)cc21. The van der Waals surface area contributed by atoms with Crippen molar-refractivity contribution in [2.24, 2.45) is 0 Å². The number of hydrogen-bond acceptors (Lipinski definition) is 3. The smallest absolute Gasteiger partial charge is 0.161 e. The predicted octanol–water partition coefficient (Wildman–Crippen LogP) is 3.09. The maximum absolute atomic E-state index is 13.4. The third kappa shape index (κ3) is 2.19. The fraction of sp³-hybridized carbons (Fsp3) is 0.0667. The number of nitriles is 1. The van der Waals surface area contributed by atoms with Gasteiger partial charge in [-0.05, 0) is 24.3 Å². The van der Waals surface area contributed by atoms with Crippen LogP contribution in [0.15, 0.2) is 36.4 Å². The number of imidazole rings is 1. The van der Waals surface area contributed by atoms with Crippen LogP contribution in [-0.2, 0) is 6.54 Å². The van der Waals surface area contributed by atoms with Crippen LogP contribution in [-0.4, -0.2) is 9.55 Å². The summed E-state index contributed by atoms with van der Waals surface area (Å²) in [5.41, 5.74) is 7.63. The van der Waals surface area contributed by atoms with E-state index >= 15 is 0 Å². The highest BCUT2D eigenvalue weighted by molar-refractivity contribution is 5.81. The van der Waals surface area contributed by atoms with Crippen molar-refractivity contribution in [3.05, 3.63) is 48.0 Å². The fourth-order valence-electron chi connectivity index (χ4n) is 2.20. The largest absolute Gasteiger partial charge is 0.399 e. The summed E-state index contributed by atoms with van der Waals surface area (Å²) in [6.45, 7) is -0.0126. The molecule has 3 rings (SSSR count). The molecule has 2 aromatic carbocycles. The molecule has 1 aromatic heterocycles. The number of nitrogen functional groups attached to an aromatic ring is 1. The molecule has 3 aromatic rings. The first-order valence-electron chi connectivity index (χ1n) is 6.18. The molecule has 0 amide bonds. The van der Waals surface area contributed by atoms with Crippen LogP contribution < -0.4 is 5.73 Å². The molecule has 4 nitrogen and oxygen atoms in total. The zero-order valence-electron chi connectivity index (χ0n) is 10.8. The highest BCUT2D eigenvalue weighted by atomic mass is 19.2. The molecule has 0 aliphatic rings. The quantitative estimate of drug-likeness (QED) is 0.735. The van der Waals surface area contributed by atoms with Gasteiger partial charge < -0.3 is 10.3 Å². The Morgan fingerprint density at radius 1 is 1.14 bits per heavy atom. The summed E-state index contributed by atoms with van der Waals surface area (Å²) in [5, 5.41) is 8.95. The minimum absolute atomic E-state index is 0.0126. The van der Waals surface area contributed by atoms with Crippen molar-refractivity contribution in [3.8, 4) is 17.5 Å². The second-order valence-corrected chi connectivity index (χ2v) is 4.56. The molecule has 0 saturated carbocycles. The van der Waals surface area contributed by atoms with Crippen molar-refractivity contribution in [1.82, 2.24) is 9.55 Å². The number of halogens is 2. The zero-order chi connectivity index (χ0) is 15.0. The molecule has 0 saturated heterocycles. The molecule has 0 fully saturated rings. The summed E-state index contributed by atoms with van der Waals surface area (Å²) in [4.78, 5) is 4.30. The van der Waals surface area contributed by atoms with Crippen LogP contribution in [0.3, 0.4) is 0 Å². The Morgan fingerprint density at radius 3 is 2.48 bits per heavy atom. The molecule has 104 valence electrons. The summed E-state index contributed by atoms with van der Waals surface area (Å²) in [5.74, 6) is -1.46. The van der Waals surface area contributed by atoms with Gasteiger partial charge in [-0.25, -0.2) is 13.8 Å². The molecule has 6 heteroatoms. The van der Waals surface area contributed by atoms with Crippen LogP contribution in [0.4, 0.5) is 14.5 Å². The van der Waals surface area contributed by atoms with Crippen molar-refractivity contribution in [3.63, 3.8) is 0 Å². The lowest BCUT2D eigenvalue weighted by Crippen LogP contribution is -1.99. The fourth-order valence-corrected chi connectivity index (χ4v) is 2.20. The molecule has 0 unspecified atom stereocenters. The Bertz CT molecular complexity index is 860. The van der Waals surface area contributed by atoms with E-state index in [2.05, 4.69) is 4.98 Å². The maximum atomic E-state index is 13.4. The Kier molecular flexibility index (Phi) is 3.03. The second kappa shape index (κ2) is 4.87. The van der Waals surface area contributed by atoms with E-state index in [0.29, 0.717) is 22.5 Å². The van der Waals surface area contributed by atoms with Gasteiger partial charge in [0.2, 0.25) is 0 Å². The lowest BCUT2D eigenvalue weighted by Gasteiger charge is -2.05. The van der Waals surface area contributed by atoms with Gasteiger partial charge in [0.1, 0.15) is 12.4 Å². The van der Waals surface area contributed by atoms with Gasteiger partial charge in [-0.3, -0.25) is 0 Å². The third-order valence-corrected chi connectivity index (χ3v) is 3.19. The maximum Gasteiger partial charge on any atom is 0.161 e. The minimum Gasteiger partial charge on any atom is -0.399 e. The van der Waals surface area contributed by atoms with E-state index in [1.165, 1.54) is 0 Å². The van der Waals surface area contributed by atoms with Crippen molar-refractivity contribution in [2.45, 2.75) is 6.54 Å². The highest BCUT2D eigenvalue weighted by Crippen LogP contribution is 2.27. The Balaban J connectivity index is 2.29. The van der Waals surface area contributed by atoms with Crippen LogP contribution in [0.1, 0.15) is 0 Å². The average Bonchev–Trinajstić information content (AvgIpc) is 2.79. The van der Waals surface area contributed by atoms with Crippen LogP contribution in [0.2, 0.25) is 0 Å². The van der Waals surface area contributed by atoms with Crippen LogP contribution >= 0.6 is 0 Å². The minimum atomic E-state index is -0.967. The van der Waals surface area contributed by atoms with E-state index in [1.54, 1.807) is 28.8 Å². The topological polar surface area (TPSA) is 67.6 Å². The molecular weight excluding hydrogens is 274 g/mol. The van der Waals surface area contributed by atoms with Gasteiger partial charge in [-0.15, -0.1) is 0 Å². The zero-order valence-corrected chi connectivity index (χ0v) is 10.8. The molecule has 21 heavy (non-hydrogen) atoms. The number of hydrogen-bond donors (Lipinski definition) is 1. The monoisotopic (exact) mass is 284 g/mol. The van der Waals surface area contributed by atoms with E-state index in [0.717, 1.165) is 17.7 Å². The predicted molar refractivity (Wildman–Crippen MR) is 75.1 cm³/mol. The molecule has 0 spiro atoms. The van der Waals surface area contributed by atoms with E-state index in [-0.39, 0.29) is 6.54 Å². The number of anilines is 1. The van der Waals surface area contributed by atoms with E-state index in [9.17, 15) is 8.78 Å². The Labute approximate surface area is 119 Å². The van der Waals surface area contributed by atoms with Gasteiger partial charge >= 0.3 is 0 Å². The second-order valence-electron chi connectivity index (χ2n) is 4.56. The molecule has 2 N–H and O–H groups in total. The van der Waals surface area contributed by atoms with E-state index in [1.807, 2.05) is 6.07 Å². The number of nitrogens with zero attached hydrogens (tertiary/aromatic N) is 3. The first kappa shape index (κ1) is 13.1. The van der Waals surface area contributed by atoms with Gasteiger partial charge in [0.15, 0.2) is 11.6 Å². The van der Waals surface area contributed by atoms with E-state index in [4.69, 9.17) is 11.0 Å². The number of aromatic nitrogens is 2. The number of benzene rings is 2. The van der Waals surface area contributed by atoms with Gasteiger partial charge in [0.25, 0.3) is 0 Å². The van der Waals surface area contributed by atoms with Crippen molar-refractivity contribution < 1.29 is 8.78 Å². The standard InChI is InChI=1S/C15H10F2N4/c16-11-7-13-14(8-12(11)17)21(6-5-18)15(20-13)9-1-3-10(19)4-2-9/h1-4,7-8H,6,19H2. The van der Waals surface area contributed by atoms with Gasteiger partial charge in [-0.1, -0.05) is 0 Å². The Morgan fingerprint density at radius 2 is 1.81 bits per heavy atom. The van der Waals surface area contributed by atoms with Gasteiger partial charge in [0, 0.05) is 23.4 Å². The first-order chi connectivity index (χ1) is 10.1. The third-order valence-electron chi connectivity index (χ3n) is 3.19. The van der Waals surface area contributed by atoms with Gasteiger partial charge in [-0.2, -0.15) is 5.26 Å². The summed E-state index contributed by atoms with van der Waals surface area (Å²) in [6.07, 6.45) is 0. The summed E-state index contributed by atoms with van der Waals surface area (Å²) in [7, 11) is 0. The molecule has 0 radical (unpaired) electrons. The highest BCUT2D eigenvalue weighted by Gasteiger charge is 2.15. The molecular formula is C15H10F2N4. The van der Waals surface area contributed by atoms with Crippen LogP contribution in [0, 0.1) is 23.0 Å². The number of nitrogens with two attached hydrogens (primary N) is 1. The number of fused-ring (bicyclic) bond motifs is 1. The molecule has 1 heterocycles. The van der Waals surface area contributed by atoms with Crippen molar-refractivity contribution in [1.29, 1.82) is 5.26 Å². The number of rotatable bonds is 2. The van der Waals surface area contributed by atoms with E-state index < -0.39 is 11.6 Å². The normalized spacial score (nSPS) is 10.7. The van der Waals surface area contributed by atoms with Crippen molar-refractivity contribution in [2.75, 3.05) is 5.73 Å². The first-order valence-corrected chi connectivity index (χ1v) is 6.18. The average molecular weight is 284 g/mol. The Hall–Kier alpha value is -2.94. The summed E-state index contributed by atoms with van der Waals surface area (Å²) in [6, 6.07) is 11.0. The van der Waals surface area contributed by atoms with Crippen molar-refractivity contribution >= 4 is 16.7 Å². The summed E-state index contributed by atoms with van der Waals surface area (Å²) < 4.78 is 28.3. The molecule has 0 aliphatic carbocycles. The van der Waals surface area contributed by atoms with Gasteiger partial charge in [0.05, 0.1) is 17.1 Å². The summed E-state index contributed by atoms with van der Waals surface area (Å²) >= 11 is 0. The lowest BCUT2D eigenvalue weighted by atomic mass is 10.2. The van der Waals surface area contributed by atoms with Crippen LogP contribution in [0.5, 0.6) is 0 Å². The molecule has 0 aliphatic heterocycles. The molecule has 0 atom stereocenters. The van der Waals surface area contributed by atoms with Crippen LogP contribution in [0.25, 0.3) is 22.4 Å². The lowest BCUT2D eigenvalue weighted by molar-refractivity contribution is 0.510.